The lowest BCUT2D eigenvalue weighted by atomic mass is 10.1. The fourth-order valence-electron chi connectivity index (χ4n) is 1.77. The number of aromatic nitrogens is 2. The Labute approximate surface area is 119 Å². The molecule has 0 bridgehead atoms. The van der Waals surface area contributed by atoms with E-state index in [1.165, 1.54) is 11.3 Å². The Kier molecular flexibility index (Phi) is 2.83. The minimum absolute atomic E-state index is 0.0295. The van der Waals surface area contributed by atoms with Crippen molar-refractivity contribution in [2.24, 2.45) is 0 Å². The number of benzene rings is 1. The first kappa shape index (κ1) is 11.7. The first-order valence-electron chi connectivity index (χ1n) is 5.14. The number of nitrogens with one attached hydrogen (secondary N) is 2. The van der Waals surface area contributed by atoms with Crippen LogP contribution in [0.5, 0.6) is 0 Å². The molecule has 90 valence electrons. The van der Waals surface area contributed by atoms with Gasteiger partial charge in [-0.25, -0.2) is 4.79 Å². The molecule has 0 saturated carbocycles. The quantitative estimate of drug-likeness (QED) is 0.538. The van der Waals surface area contributed by atoms with Crippen molar-refractivity contribution in [3.05, 3.63) is 54.1 Å². The summed E-state index contributed by atoms with van der Waals surface area (Å²) in [6.45, 7) is 0. The summed E-state index contributed by atoms with van der Waals surface area (Å²) in [5.74, 6) is -0.0295. The first-order valence-corrected chi connectivity index (χ1v) is 7.10. The first-order chi connectivity index (χ1) is 8.63. The second-order valence-corrected chi connectivity index (χ2v) is 6.61. The molecule has 3 aromatic rings. The van der Waals surface area contributed by atoms with Crippen LogP contribution in [-0.2, 0) is 0 Å². The summed E-state index contributed by atoms with van der Waals surface area (Å²) in [4.78, 5) is 28.7. The molecule has 18 heavy (non-hydrogen) atoms. The molecule has 0 atom stereocenters. The third-order valence-electron chi connectivity index (χ3n) is 2.61. The molecule has 0 aliphatic heterocycles. The second kappa shape index (κ2) is 4.36. The summed E-state index contributed by atoms with van der Waals surface area (Å²) < 4.78 is 1.08. The van der Waals surface area contributed by atoms with Gasteiger partial charge in [0.1, 0.15) is 0 Å². The normalized spacial score (nSPS) is 10.9. The van der Waals surface area contributed by atoms with E-state index in [1.807, 2.05) is 11.4 Å². The Morgan fingerprint density at radius 3 is 2.61 bits per heavy atom. The van der Waals surface area contributed by atoms with Gasteiger partial charge in [0.2, 0.25) is 0 Å². The fourth-order valence-corrected chi connectivity index (χ4v) is 3.10. The summed E-state index contributed by atoms with van der Waals surface area (Å²) in [6.07, 6.45) is 0. The van der Waals surface area contributed by atoms with Crippen molar-refractivity contribution in [3.63, 3.8) is 0 Å². The number of rotatable bonds is 2. The highest BCUT2D eigenvalue weighted by Crippen LogP contribution is 2.20. The van der Waals surface area contributed by atoms with Gasteiger partial charge in [-0.1, -0.05) is 0 Å². The molecule has 1 aromatic carbocycles. The van der Waals surface area contributed by atoms with E-state index in [1.54, 1.807) is 18.2 Å². The molecule has 2 N–H and O–H groups in total. The fraction of sp³-hybridized carbons (Fsp3) is 0. The van der Waals surface area contributed by atoms with E-state index in [-0.39, 0.29) is 11.5 Å². The van der Waals surface area contributed by atoms with E-state index in [2.05, 4.69) is 32.6 Å². The highest BCUT2D eigenvalue weighted by Gasteiger charge is 2.12. The number of thiophene rings is 1. The molecular formula is C12H7IN2O2S. The van der Waals surface area contributed by atoms with Crippen molar-refractivity contribution >= 4 is 50.7 Å². The molecule has 0 aliphatic rings. The van der Waals surface area contributed by atoms with Gasteiger partial charge >= 0.3 is 5.69 Å². The molecular weight excluding hydrogens is 363 g/mol. The Bertz CT molecular complexity index is 800. The predicted molar refractivity (Wildman–Crippen MR) is 79.4 cm³/mol. The van der Waals surface area contributed by atoms with Crippen molar-refractivity contribution < 1.29 is 4.79 Å². The van der Waals surface area contributed by atoms with Crippen molar-refractivity contribution in [2.75, 3.05) is 0 Å². The van der Waals surface area contributed by atoms with Crippen LogP contribution in [0.4, 0.5) is 0 Å². The summed E-state index contributed by atoms with van der Waals surface area (Å²) in [7, 11) is 0. The Morgan fingerprint density at radius 2 is 1.89 bits per heavy atom. The Morgan fingerprint density at radius 1 is 1.11 bits per heavy atom. The van der Waals surface area contributed by atoms with Crippen molar-refractivity contribution in [3.8, 4) is 0 Å². The van der Waals surface area contributed by atoms with Gasteiger partial charge in [0, 0.05) is 16.5 Å². The minimum atomic E-state index is -0.264. The lowest BCUT2D eigenvalue weighted by Crippen LogP contribution is -1.99. The summed E-state index contributed by atoms with van der Waals surface area (Å²) in [6, 6.07) is 7.01. The number of fused-ring (bicyclic) bond motifs is 1. The van der Waals surface area contributed by atoms with Crippen LogP contribution in [0.2, 0.25) is 0 Å². The Balaban J connectivity index is 2.08. The lowest BCUT2D eigenvalue weighted by Gasteiger charge is -1.98. The van der Waals surface area contributed by atoms with E-state index < -0.39 is 0 Å². The number of hydrogen-bond donors (Lipinski definition) is 2. The molecule has 3 rings (SSSR count). The average molecular weight is 370 g/mol. The SMILES string of the molecule is O=C(c1csc(I)c1)c1ccc2[nH]c(=O)[nH]c2c1. The number of halogens is 1. The molecule has 0 fully saturated rings. The smallest absolute Gasteiger partial charge is 0.306 e. The van der Waals surface area contributed by atoms with Crippen LogP contribution in [0.3, 0.4) is 0 Å². The highest BCUT2D eigenvalue weighted by molar-refractivity contribution is 14.1. The van der Waals surface area contributed by atoms with Crippen molar-refractivity contribution in [2.45, 2.75) is 0 Å². The zero-order valence-electron chi connectivity index (χ0n) is 8.99. The maximum Gasteiger partial charge on any atom is 0.323 e. The topological polar surface area (TPSA) is 65.7 Å². The van der Waals surface area contributed by atoms with Gasteiger partial charge in [-0.3, -0.25) is 4.79 Å². The number of hydrogen-bond acceptors (Lipinski definition) is 3. The van der Waals surface area contributed by atoms with Gasteiger partial charge in [0.05, 0.1) is 13.9 Å². The average Bonchev–Trinajstić information content (AvgIpc) is 2.92. The van der Waals surface area contributed by atoms with Gasteiger partial charge in [-0.15, -0.1) is 11.3 Å². The molecule has 4 nitrogen and oxygen atoms in total. The molecule has 0 amide bonds. The summed E-state index contributed by atoms with van der Waals surface area (Å²) in [5, 5.41) is 1.84. The predicted octanol–water partition coefficient (Wildman–Crippen LogP) is 2.75. The maximum absolute atomic E-state index is 12.2. The second-order valence-electron chi connectivity index (χ2n) is 3.81. The number of ketones is 1. The van der Waals surface area contributed by atoms with Gasteiger partial charge in [0.25, 0.3) is 0 Å². The summed E-state index contributed by atoms with van der Waals surface area (Å²) >= 11 is 3.72. The van der Waals surface area contributed by atoms with Gasteiger partial charge < -0.3 is 9.97 Å². The van der Waals surface area contributed by atoms with Crippen LogP contribution in [0.1, 0.15) is 15.9 Å². The lowest BCUT2D eigenvalue weighted by molar-refractivity contribution is 0.103. The molecule has 0 unspecified atom stereocenters. The molecule has 2 heterocycles. The van der Waals surface area contributed by atoms with Gasteiger partial charge in [0.15, 0.2) is 5.78 Å². The van der Waals surface area contributed by atoms with Gasteiger partial charge in [-0.2, -0.15) is 0 Å². The van der Waals surface area contributed by atoms with Gasteiger partial charge in [-0.05, 0) is 46.9 Å². The van der Waals surface area contributed by atoms with Crippen molar-refractivity contribution in [1.82, 2.24) is 9.97 Å². The van der Waals surface area contributed by atoms with Crippen LogP contribution >= 0.6 is 33.9 Å². The molecule has 2 aromatic heterocycles. The highest BCUT2D eigenvalue weighted by atomic mass is 127. The number of aromatic amines is 2. The summed E-state index contributed by atoms with van der Waals surface area (Å²) in [5.41, 5.74) is 2.35. The Hall–Kier alpha value is -1.41. The number of carbonyl (C=O) groups is 1. The van der Waals surface area contributed by atoms with E-state index >= 15 is 0 Å². The molecule has 6 heteroatoms. The third kappa shape index (κ3) is 2.01. The number of H-pyrrole nitrogens is 2. The van der Waals surface area contributed by atoms with E-state index in [0.717, 1.165) is 2.88 Å². The molecule has 0 aliphatic carbocycles. The zero-order chi connectivity index (χ0) is 12.7. The standard InChI is InChI=1S/C12H7IN2O2S/c13-10-4-7(5-18-10)11(16)6-1-2-8-9(3-6)15-12(17)14-8/h1-5H,(H2,14,15,17). The molecule has 0 spiro atoms. The number of imidazole rings is 1. The van der Waals surface area contributed by atoms with E-state index in [4.69, 9.17) is 0 Å². The van der Waals surface area contributed by atoms with E-state index in [0.29, 0.717) is 22.2 Å². The van der Waals surface area contributed by atoms with Crippen molar-refractivity contribution in [1.29, 1.82) is 0 Å². The van der Waals surface area contributed by atoms with Crippen LogP contribution in [0, 0.1) is 2.88 Å². The number of carbonyl (C=O) groups excluding carboxylic acids is 1. The molecule has 0 radical (unpaired) electrons. The maximum atomic E-state index is 12.2. The van der Waals surface area contributed by atoms with Crippen LogP contribution in [0.15, 0.2) is 34.4 Å². The third-order valence-corrected chi connectivity index (χ3v) is 4.40. The zero-order valence-corrected chi connectivity index (χ0v) is 12.0. The largest absolute Gasteiger partial charge is 0.323 e. The van der Waals surface area contributed by atoms with E-state index in [9.17, 15) is 9.59 Å². The van der Waals surface area contributed by atoms with Crippen LogP contribution in [0.25, 0.3) is 11.0 Å². The van der Waals surface area contributed by atoms with Crippen LogP contribution < -0.4 is 5.69 Å². The monoisotopic (exact) mass is 370 g/mol. The van der Waals surface area contributed by atoms with Crippen LogP contribution in [-0.4, -0.2) is 15.8 Å². The molecule has 0 saturated heterocycles. The minimum Gasteiger partial charge on any atom is -0.306 e.